The Balaban J connectivity index is 0.000000450. The first-order valence-corrected chi connectivity index (χ1v) is 39.4. The molecular formula is C60H78O2S2Si2Zr-2. The molecule has 67 heavy (non-hydrogen) atoms. The van der Waals surface area contributed by atoms with Crippen LogP contribution in [0.15, 0.2) is 146 Å². The summed E-state index contributed by atoms with van der Waals surface area (Å²) in [5.41, 5.74) is 7.32. The topological polar surface area (TPSA) is 40.5 Å². The Morgan fingerprint density at radius 2 is 0.806 bits per heavy atom. The second-order valence-electron chi connectivity index (χ2n) is 21.8. The average Bonchev–Trinajstić information content (AvgIpc) is 3.58. The number of hydrogen-bond acceptors (Lipinski definition) is 2. The van der Waals surface area contributed by atoms with E-state index in [0.29, 0.717) is 25.7 Å². The first-order valence-electron chi connectivity index (χ1n) is 24.4. The molecule has 7 heteroatoms. The van der Waals surface area contributed by atoms with E-state index in [1.54, 1.807) is 0 Å². The van der Waals surface area contributed by atoms with Crippen molar-refractivity contribution in [3.63, 3.8) is 0 Å². The second kappa shape index (κ2) is 23.1. The van der Waals surface area contributed by atoms with Crippen molar-refractivity contribution in [3.05, 3.63) is 193 Å². The van der Waals surface area contributed by atoms with Crippen molar-refractivity contribution in [2.75, 3.05) is 0 Å². The third kappa shape index (κ3) is 13.7. The summed E-state index contributed by atoms with van der Waals surface area (Å²) in [5.74, 6) is 3.28. The van der Waals surface area contributed by atoms with Gasteiger partial charge in [0.1, 0.15) is 0 Å². The van der Waals surface area contributed by atoms with Crippen molar-refractivity contribution in [3.8, 4) is 11.5 Å². The molecular weight excluding hydrogens is 964 g/mol. The zero-order valence-corrected chi connectivity index (χ0v) is 48.4. The van der Waals surface area contributed by atoms with Crippen molar-refractivity contribution >= 4 is 51.1 Å². The Kier molecular flexibility index (Phi) is 18.3. The minimum Gasteiger partial charge on any atom is -0.199 e. The fourth-order valence-corrected chi connectivity index (χ4v) is 43.4. The molecule has 1 aliphatic heterocycles. The van der Waals surface area contributed by atoms with E-state index in [2.05, 4.69) is 167 Å². The van der Waals surface area contributed by atoms with Gasteiger partial charge < -0.3 is 0 Å². The molecule has 8 rings (SSSR count). The second-order valence-corrected chi connectivity index (χ2v) is 46.1. The molecule has 0 spiro atoms. The summed E-state index contributed by atoms with van der Waals surface area (Å²) in [5, 5.41) is 31.3. The summed E-state index contributed by atoms with van der Waals surface area (Å²) in [6, 6.07) is 51.2. The summed E-state index contributed by atoms with van der Waals surface area (Å²) >= 11 is -0.870. The van der Waals surface area contributed by atoms with Crippen LogP contribution < -0.4 is 20.7 Å². The van der Waals surface area contributed by atoms with Crippen LogP contribution in [-0.4, -0.2) is 36.9 Å². The summed E-state index contributed by atoms with van der Waals surface area (Å²) in [6.45, 7) is 31.1. The van der Waals surface area contributed by atoms with Gasteiger partial charge >= 0.3 is 338 Å². The quantitative estimate of drug-likeness (QED) is 0.118. The predicted octanol–water partition coefficient (Wildman–Crippen LogP) is 14.3. The van der Waals surface area contributed by atoms with E-state index >= 15 is 0 Å². The van der Waals surface area contributed by atoms with Gasteiger partial charge in [-0.15, -0.1) is 24.3 Å². The van der Waals surface area contributed by atoms with Crippen molar-refractivity contribution in [1.82, 2.24) is 0 Å². The minimum absolute atomic E-state index is 0.00828. The molecule has 2 N–H and O–H groups in total. The molecule has 356 valence electrons. The summed E-state index contributed by atoms with van der Waals surface area (Å²) in [4.78, 5) is 0. The summed E-state index contributed by atoms with van der Waals surface area (Å²) in [7, 11) is -3.60. The Labute approximate surface area is 420 Å². The predicted molar refractivity (Wildman–Crippen MR) is 300 cm³/mol. The molecule has 1 heterocycles. The summed E-state index contributed by atoms with van der Waals surface area (Å²) < 4.78 is 0. The van der Waals surface area contributed by atoms with E-state index in [0.717, 1.165) is 33.1 Å². The average molecular weight is 1040 g/mol. The first kappa shape index (κ1) is 53.0. The van der Waals surface area contributed by atoms with Crippen molar-refractivity contribution in [2.24, 2.45) is 0 Å². The van der Waals surface area contributed by atoms with Gasteiger partial charge in [0.2, 0.25) is 0 Å². The molecule has 1 saturated carbocycles. The zero-order chi connectivity index (χ0) is 48.6. The van der Waals surface area contributed by atoms with Gasteiger partial charge in [-0.3, -0.25) is 0 Å². The van der Waals surface area contributed by atoms with E-state index in [1.165, 1.54) is 81.5 Å². The first-order chi connectivity index (χ1) is 31.7. The van der Waals surface area contributed by atoms with Gasteiger partial charge in [-0.25, -0.2) is 0 Å². The van der Waals surface area contributed by atoms with E-state index in [4.69, 9.17) is 0 Å². The van der Waals surface area contributed by atoms with E-state index in [1.807, 2.05) is 60.7 Å². The van der Waals surface area contributed by atoms with Crippen LogP contribution >= 0.6 is 14.2 Å². The monoisotopic (exact) mass is 1040 g/mol. The van der Waals surface area contributed by atoms with Crippen LogP contribution in [0.1, 0.15) is 113 Å². The SMILES string of the molecule is CC(C)(C)c1cc(C[S]2=[Zr]=[S@@](Cc3cc(C(C)(C)C)cc([Si](C)(C)c4ccccc4)c3O)C3CCCCCC[C@@H]32)c(O)c([Si](C)(C)c2ccccc2)c1.[CH2-]c1ccccc1.[CH2-]c1ccccc1. The molecule has 1 aliphatic carbocycles. The van der Waals surface area contributed by atoms with Crippen LogP contribution in [-0.2, 0) is 41.5 Å². The molecule has 1 fully saturated rings. The van der Waals surface area contributed by atoms with Gasteiger partial charge in [0.05, 0.1) is 0 Å². The Hall–Kier alpha value is -3.32. The minimum atomic E-state index is -2.14. The molecule has 2 aliphatic rings. The van der Waals surface area contributed by atoms with Crippen molar-refractivity contribution in [1.29, 1.82) is 0 Å². The molecule has 2 unspecified atom stereocenters. The van der Waals surface area contributed by atoms with Gasteiger partial charge in [0, 0.05) is 0 Å². The maximum absolute atomic E-state index is 12.3. The van der Waals surface area contributed by atoms with Crippen LogP contribution in [0.4, 0.5) is 0 Å². The van der Waals surface area contributed by atoms with Gasteiger partial charge in [-0.2, -0.15) is 49.2 Å². The van der Waals surface area contributed by atoms with Crippen LogP contribution in [0, 0.1) is 13.8 Å². The van der Waals surface area contributed by atoms with E-state index in [9.17, 15) is 10.2 Å². The molecule has 0 bridgehead atoms. The number of phenols is 2. The molecule has 4 atom stereocenters. The standard InChI is InChI=1S/C46H64O2S2Si2.2C7H7.Zr/c1-45(2,3)35-27-33(43(47)41(29-35)51(7,8)37-21-15-13-16-22-37)31-49-39-25-19-11-12-20-26-40(39)50-32-34-28-36(46(4,5)6)30-42(44(34)48)52(9,10)38-23-17-14-18-24-38;2*1-7-5-3-2-4-6-7;/h13-18,21-24,27-30,39-40,47-48H,11-12,19-20,25-26,31-32H2,1-10H3;2*2-6H,1H2;/q;2*-1;/t39-,40?;;;/m0.../s1. The Bertz CT molecular complexity index is 2450. The number of rotatable bonds is 8. The fraction of sp³-hybridized carbons (Fsp3) is 0.367. The van der Waals surface area contributed by atoms with Crippen LogP contribution in [0.3, 0.4) is 0 Å². The summed E-state index contributed by atoms with van der Waals surface area (Å²) in [6.07, 6.45) is 8.12. The van der Waals surface area contributed by atoms with Crippen molar-refractivity contribution in [2.45, 2.75) is 139 Å². The molecule has 6 aromatic rings. The number of fused-ring (bicyclic) bond motifs is 1. The molecule has 0 aromatic heterocycles. The van der Waals surface area contributed by atoms with Crippen molar-refractivity contribution < 1.29 is 29.4 Å². The number of aromatic hydroxyl groups is 2. The van der Waals surface area contributed by atoms with Crippen LogP contribution in [0.2, 0.25) is 26.2 Å². The van der Waals surface area contributed by atoms with Gasteiger partial charge in [0.25, 0.3) is 0 Å². The van der Waals surface area contributed by atoms with Gasteiger partial charge in [-0.05, 0) is 0 Å². The van der Waals surface area contributed by atoms with Crippen LogP contribution in [0.25, 0.3) is 0 Å². The Morgan fingerprint density at radius 3 is 1.09 bits per heavy atom. The maximum Gasteiger partial charge on any atom is -0.0866 e. The Morgan fingerprint density at radius 1 is 0.493 bits per heavy atom. The third-order valence-electron chi connectivity index (χ3n) is 13.8. The fourth-order valence-electron chi connectivity index (χ4n) is 9.34. The molecule has 0 amide bonds. The van der Waals surface area contributed by atoms with Gasteiger partial charge in [0.15, 0.2) is 0 Å². The molecule has 0 saturated heterocycles. The maximum atomic E-state index is 12.3. The zero-order valence-electron chi connectivity index (χ0n) is 42.3. The van der Waals surface area contributed by atoms with E-state index in [-0.39, 0.29) is 10.8 Å². The smallest absolute Gasteiger partial charge is 0.0866 e. The largest absolute Gasteiger partial charge is 0.199 e. The number of benzene rings is 6. The third-order valence-corrected chi connectivity index (χ3v) is 42.6. The van der Waals surface area contributed by atoms with Gasteiger partial charge in [-0.1, -0.05) is 12.1 Å². The number of hydrogen-bond donors (Lipinski definition) is 2. The molecule has 6 aromatic carbocycles. The molecule has 0 radical (unpaired) electrons. The van der Waals surface area contributed by atoms with Crippen LogP contribution in [0.5, 0.6) is 11.5 Å². The molecule has 2 nitrogen and oxygen atoms in total. The number of phenolic OH excluding ortho intramolecular Hbond substituents is 2. The normalized spacial score (nSPS) is 18.6. The van der Waals surface area contributed by atoms with E-state index < -0.39 is 35.3 Å².